The Bertz CT molecular complexity index is 480. The molecule has 112 valence electrons. The SMILES string of the molecule is CC(C(=O)NC(C)(C)C)n1cncc1C1(C)CCNC1. The molecule has 5 heteroatoms. The van der Waals surface area contributed by atoms with Gasteiger partial charge >= 0.3 is 0 Å². The van der Waals surface area contributed by atoms with Gasteiger partial charge in [-0.25, -0.2) is 4.98 Å². The molecule has 0 aliphatic carbocycles. The highest BCUT2D eigenvalue weighted by molar-refractivity contribution is 5.80. The maximum Gasteiger partial charge on any atom is 0.243 e. The van der Waals surface area contributed by atoms with E-state index in [0.29, 0.717) is 0 Å². The highest BCUT2D eigenvalue weighted by Gasteiger charge is 2.35. The van der Waals surface area contributed by atoms with Crippen LogP contribution in [-0.4, -0.2) is 34.1 Å². The summed E-state index contributed by atoms with van der Waals surface area (Å²) >= 11 is 0. The number of amides is 1. The van der Waals surface area contributed by atoms with Gasteiger partial charge in [-0.2, -0.15) is 0 Å². The van der Waals surface area contributed by atoms with Crippen molar-refractivity contribution in [2.75, 3.05) is 13.1 Å². The molecular formula is C15H26N4O. The number of hydrogen-bond acceptors (Lipinski definition) is 3. The van der Waals surface area contributed by atoms with Gasteiger partial charge in [-0.1, -0.05) is 6.92 Å². The van der Waals surface area contributed by atoms with E-state index in [9.17, 15) is 4.79 Å². The second-order valence-electron chi connectivity index (χ2n) is 7.09. The Labute approximate surface area is 121 Å². The highest BCUT2D eigenvalue weighted by Crippen LogP contribution is 2.31. The summed E-state index contributed by atoms with van der Waals surface area (Å²) in [6, 6.07) is -0.246. The van der Waals surface area contributed by atoms with Gasteiger partial charge in [0.2, 0.25) is 5.91 Å². The molecule has 0 saturated carbocycles. The summed E-state index contributed by atoms with van der Waals surface area (Å²) in [5.74, 6) is 0.0336. The van der Waals surface area contributed by atoms with E-state index in [4.69, 9.17) is 0 Å². The van der Waals surface area contributed by atoms with Crippen LogP contribution < -0.4 is 10.6 Å². The lowest BCUT2D eigenvalue weighted by molar-refractivity contribution is -0.125. The van der Waals surface area contributed by atoms with Crippen LogP contribution in [0.1, 0.15) is 52.8 Å². The van der Waals surface area contributed by atoms with Gasteiger partial charge in [-0.15, -0.1) is 0 Å². The average molecular weight is 278 g/mol. The molecule has 1 aromatic rings. The number of carbonyl (C=O) groups is 1. The molecule has 0 radical (unpaired) electrons. The number of hydrogen-bond donors (Lipinski definition) is 2. The molecule has 5 nitrogen and oxygen atoms in total. The minimum Gasteiger partial charge on any atom is -0.350 e. The minimum absolute atomic E-state index is 0.0336. The van der Waals surface area contributed by atoms with Crippen molar-refractivity contribution >= 4 is 5.91 Å². The van der Waals surface area contributed by atoms with Crippen molar-refractivity contribution in [3.63, 3.8) is 0 Å². The van der Waals surface area contributed by atoms with Gasteiger partial charge < -0.3 is 15.2 Å². The summed E-state index contributed by atoms with van der Waals surface area (Å²) < 4.78 is 2.01. The van der Waals surface area contributed by atoms with Crippen LogP contribution in [0, 0.1) is 0 Å². The zero-order valence-corrected chi connectivity index (χ0v) is 13.2. The van der Waals surface area contributed by atoms with Crippen molar-refractivity contribution in [3.05, 3.63) is 18.2 Å². The van der Waals surface area contributed by atoms with E-state index in [1.54, 1.807) is 6.33 Å². The van der Waals surface area contributed by atoms with Crippen molar-refractivity contribution in [1.82, 2.24) is 20.2 Å². The van der Waals surface area contributed by atoms with E-state index < -0.39 is 0 Å². The number of rotatable bonds is 3. The van der Waals surface area contributed by atoms with E-state index in [-0.39, 0.29) is 22.9 Å². The number of nitrogens with zero attached hydrogens (tertiary/aromatic N) is 2. The Morgan fingerprint density at radius 3 is 2.80 bits per heavy atom. The van der Waals surface area contributed by atoms with Crippen molar-refractivity contribution < 1.29 is 4.79 Å². The molecule has 1 aromatic heterocycles. The van der Waals surface area contributed by atoms with Crippen molar-refractivity contribution in [2.24, 2.45) is 0 Å². The second-order valence-corrected chi connectivity index (χ2v) is 7.09. The van der Waals surface area contributed by atoms with E-state index in [0.717, 1.165) is 25.2 Å². The second kappa shape index (κ2) is 5.20. The molecule has 1 saturated heterocycles. The summed E-state index contributed by atoms with van der Waals surface area (Å²) in [5.41, 5.74) is 0.983. The summed E-state index contributed by atoms with van der Waals surface area (Å²) in [7, 11) is 0. The van der Waals surface area contributed by atoms with Crippen molar-refractivity contribution in [2.45, 2.75) is 58.0 Å². The van der Waals surface area contributed by atoms with E-state index >= 15 is 0 Å². The topological polar surface area (TPSA) is 59.0 Å². The molecular weight excluding hydrogens is 252 g/mol. The first kappa shape index (κ1) is 15.0. The molecule has 2 rings (SSSR count). The molecule has 1 aliphatic rings. The fourth-order valence-electron chi connectivity index (χ4n) is 2.72. The molecule has 0 spiro atoms. The number of aromatic nitrogens is 2. The third-order valence-electron chi connectivity index (χ3n) is 3.95. The highest BCUT2D eigenvalue weighted by atomic mass is 16.2. The first-order chi connectivity index (χ1) is 9.23. The van der Waals surface area contributed by atoms with Gasteiger partial charge in [0, 0.05) is 29.4 Å². The molecule has 0 bridgehead atoms. The van der Waals surface area contributed by atoms with Crippen molar-refractivity contribution in [1.29, 1.82) is 0 Å². The fraction of sp³-hybridized carbons (Fsp3) is 0.733. The Hall–Kier alpha value is -1.36. The lowest BCUT2D eigenvalue weighted by atomic mass is 9.86. The number of carbonyl (C=O) groups excluding carboxylic acids is 1. The molecule has 2 atom stereocenters. The van der Waals surface area contributed by atoms with E-state index in [2.05, 4.69) is 22.5 Å². The number of nitrogens with one attached hydrogen (secondary N) is 2. The van der Waals surface area contributed by atoms with Gasteiger partial charge in [-0.3, -0.25) is 4.79 Å². The molecule has 1 aliphatic heterocycles. The molecule has 2 N–H and O–H groups in total. The Morgan fingerprint density at radius 1 is 1.55 bits per heavy atom. The predicted molar refractivity (Wildman–Crippen MR) is 79.7 cm³/mol. The van der Waals surface area contributed by atoms with Gasteiger partial charge in [0.15, 0.2) is 0 Å². The van der Waals surface area contributed by atoms with Gasteiger partial charge in [-0.05, 0) is 40.7 Å². The smallest absolute Gasteiger partial charge is 0.243 e. The van der Waals surface area contributed by atoms with Crippen molar-refractivity contribution in [3.8, 4) is 0 Å². The minimum atomic E-state index is -0.246. The van der Waals surface area contributed by atoms with Crippen LogP contribution >= 0.6 is 0 Å². The molecule has 20 heavy (non-hydrogen) atoms. The normalized spacial score (nSPS) is 24.6. The van der Waals surface area contributed by atoms with E-state index in [1.165, 1.54) is 0 Å². The summed E-state index contributed by atoms with van der Waals surface area (Å²) in [6.07, 6.45) is 4.74. The van der Waals surface area contributed by atoms with Crippen LogP contribution in [0.15, 0.2) is 12.5 Å². The molecule has 0 aromatic carbocycles. The quantitative estimate of drug-likeness (QED) is 0.883. The molecule has 2 unspecified atom stereocenters. The summed E-state index contributed by atoms with van der Waals surface area (Å²) in [6.45, 7) is 12.1. The first-order valence-corrected chi connectivity index (χ1v) is 7.28. The lowest BCUT2D eigenvalue weighted by Crippen LogP contribution is -2.44. The van der Waals surface area contributed by atoms with Crippen LogP contribution in [0.25, 0.3) is 0 Å². The van der Waals surface area contributed by atoms with Crippen LogP contribution in [0.2, 0.25) is 0 Å². The summed E-state index contributed by atoms with van der Waals surface area (Å²) in [5, 5.41) is 6.43. The van der Waals surface area contributed by atoms with Gasteiger partial charge in [0.1, 0.15) is 6.04 Å². The monoisotopic (exact) mass is 278 g/mol. The first-order valence-electron chi connectivity index (χ1n) is 7.28. The van der Waals surface area contributed by atoms with E-state index in [1.807, 2.05) is 38.5 Å². The van der Waals surface area contributed by atoms with Crippen LogP contribution in [0.4, 0.5) is 0 Å². The zero-order chi connectivity index (χ0) is 15.0. The third-order valence-corrected chi connectivity index (χ3v) is 3.95. The van der Waals surface area contributed by atoms with Crippen LogP contribution in [-0.2, 0) is 10.2 Å². The van der Waals surface area contributed by atoms with Crippen LogP contribution in [0.3, 0.4) is 0 Å². The Morgan fingerprint density at radius 2 is 2.25 bits per heavy atom. The summed E-state index contributed by atoms with van der Waals surface area (Å²) in [4.78, 5) is 16.6. The molecule has 2 heterocycles. The predicted octanol–water partition coefficient (Wildman–Crippen LogP) is 1.61. The Balaban J connectivity index is 2.21. The largest absolute Gasteiger partial charge is 0.350 e. The maximum atomic E-state index is 12.4. The maximum absolute atomic E-state index is 12.4. The molecule has 1 fully saturated rings. The van der Waals surface area contributed by atoms with Crippen LogP contribution in [0.5, 0.6) is 0 Å². The third kappa shape index (κ3) is 3.03. The molecule has 1 amide bonds. The Kier molecular flexibility index (Phi) is 3.91. The standard InChI is InChI=1S/C15H26N4O/c1-11(13(20)18-14(2,3)4)19-10-17-8-12(19)15(5)6-7-16-9-15/h8,10-11,16H,6-7,9H2,1-5H3,(H,18,20). The average Bonchev–Trinajstić information content (AvgIpc) is 2.94. The fourth-order valence-corrected chi connectivity index (χ4v) is 2.72. The van der Waals surface area contributed by atoms with Gasteiger partial charge in [0.05, 0.1) is 6.33 Å². The lowest BCUT2D eigenvalue weighted by Gasteiger charge is -2.28. The zero-order valence-electron chi connectivity index (χ0n) is 13.2. The van der Waals surface area contributed by atoms with Gasteiger partial charge in [0.25, 0.3) is 0 Å². The number of imidazole rings is 1.